The topological polar surface area (TPSA) is 102 Å². The molecule has 2 heterocycles. The van der Waals surface area contributed by atoms with E-state index in [1.165, 1.54) is 51.9 Å². The Labute approximate surface area is 237 Å². The maximum atomic E-state index is 12.7. The molecule has 5 rings (SSSR count). The third-order valence-corrected chi connectivity index (χ3v) is 6.97. The summed E-state index contributed by atoms with van der Waals surface area (Å²) >= 11 is 1.21. The highest BCUT2D eigenvalue weighted by Gasteiger charge is 2.33. The van der Waals surface area contributed by atoms with E-state index in [1.807, 2.05) is 32.9 Å². The Kier molecular flexibility index (Phi) is 7.54. The van der Waals surface area contributed by atoms with Crippen molar-refractivity contribution in [1.29, 1.82) is 0 Å². The summed E-state index contributed by atoms with van der Waals surface area (Å²) in [6.45, 7) is 5.83. The number of thioether (sulfide) groups is 1. The smallest absolute Gasteiger partial charge is 0.406 e. The van der Waals surface area contributed by atoms with E-state index < -0.39 is 12.4 Å². The number of aromatic nitrogens is 3. The number of rotatable bonds is 5. The van der Waals surface area contributed by atoms with Gasteiger partial charge in [-0.1, -0.05) is 29.5 Å². The molecule has 0 spiro atoms. The van der Waals surface area contributed by atoms with Gasteiger partial charge in [0.15, 0.2) is 11.0 Å². The van der Waals surface area contributed by atoms with Crippen molar-refractivity contribution in [3.8, 4) is 22.8 Å². The minimum Gasteiger partial charge on any atom is -0.406 e. The highest BCUT2D eigenvalue weighted by atomic mass is 32.2. The largest absolute Gasteiger partial charge is 0.573 e. The zero-order chi connectivity index (χ0) is 29.3. The summed E-state index contributed by atoms with van der Waals surface area (Å²) in [5, 5.41) is 7.39. The Morgan fingerprint density at radius 1 is 1.02 bits per heavy atom. The number of amidine groups is 1. The van der Waals surface area contributed by atoms with E-state index >= 15 is 0 Å². The predicted molar refractivity (Wildman–Crippen MR) is 151 cm³/mol. The molecule has 3 amide bonds. The van der Waals surface area contributed by atoms with Gasteiger partial charge in [-0.25, -0.2) is 14.5 Å². The van der Waals surface area contributed by atoms with E-state index in [0.717, 1.165) is 22.4 Å². The van der Waals surface area contributed by atoms with Crippen LogP contribution in [0.2, 0.25) is 0 Å². The summed E-state index contributed by atoms with van der Waals surface area (Å²) in [4.78, 5) is 35.3. The van der Waals surface area contributed by atoms with Gasteiger partial charge in [-0.05, 0) is 80.4 Å². The molecular formula is C28H23F3N6O3S. The fraction of sp³-hybridized carbons (Fsp3) is 0.179. The van der Waals surface area contributed by atoms with Crippen LogP contribution in [-0.4, -0.2) is 44.0 Å². The molecule has 0 atom stereocenters. The third-order valence-electron chi connectivity index (χ3n) is 6.04. The van der Waals surface area contributed by atoms with Crippen LogP contribution in [0.4, 0.5) is 29.3 Å². The summed E-state index contributed by atoms with van der Waals surface area (Å²) in [7, 11) is 0. The number of carbonyl (C=O) groups excluding carboxylic acids is 2. The number of aryl methyl sites for hydroxylation is 3. The molecule has 1 fully saturated rings. The van der Waals surface area contributed by atoms with Crippen molar-refractivity contribution in [1.82, 2.24) is 14.8 Å². The molecule has 0 radical (unpaired) electrons. The van der Waals surface area contributed by atoms with E-state index in [2.05, 4.69) is 25.1 Å². The Morgan fingerprint density at radius 3 is 2.32 bits per heavy atom. The van der Waals surface area contributed by atoms with Crippen molar-refractivity contribution in [3.63, 3.8) is 0 Å². The number of aliphatic imine (C=N–C) groups is 1. The van der Waals surface area contributed by atoms with Gasteiger partial charge >= 0.3 is 12.4 Å². The third kappa shape index (κ3) is 6.40. The molecule has 4 aromatic rings. The van der Waals surface area contributed by atoms with E-state index in [9.17, 15) is 22.8 Å². The monoisotopic (exact) mass is 580 g/mol. The van der Waals surface area contributed by atoms with E-state index in [1.54, 1.807) is 24.3 Å². The minimum atomic E-state index is -4.77. The molecule has 1 aromatic heterocycles. The fourth-order valence-corrected chi connectivity index (χ4v) is 5.30. The summed E-state index contributed by atoms with van der Waals surface area (Å²) in [6.07, 6.45) is -3.33. The molecule has 3 aromatic carbocycles. The lowest BCUT2D eigenvalue weighted by Gasteiger charge is -2.21. The van der Waals surface area contributed by atoms with Gasteiger partial charge in [-0.3, -0.25) is 9.69 Å². The number of hydrogen-bond acceptors (Lipinski definition) is 6. The summed E-state index contributed by atoms with van der Waals surface area (Å²) in [5.74, 6) is 0.0896. The van der Waals surface area contributed by atoms with Crippen LogP contribution in [-0.2, 0) is 4.79 Å². The number of halogens is 3. The predicted octanol–water partition coefficient (Wildman–Crippen LogP) is 6.43. The van der Waals surface area contributed by atoms with Crippen LogP contribution >= 0.6 is 11.8 Å². The molecule has 0 saturated carbocycles. The Hall–Kier alpha value is -4.65. The van der Waals surface area contributed by atoms with Gasteiger partial charge in [-0.15, -0.1) is 18.3 Å². The van der Waals surface area contributed by atoms with Crippen LogP contribution in [0.3, 0.4) is 0 Å². The van der Waals surface area contributed by atoms with Crippen LogP contribution in [0.15, 0.2) is 72.0 Å². The molecular weight excluding hydrogens is 557 g/mol. The number of ether oxygens (including phenoxy) is 1. The summed E-state index contributed by atoms with van der Waals surface area (Å²) in [6, 6.07) is 15.3. The molecule has 1 N–H and O–H groups in total. The molecule has 13 heteroatoms. The van der Waals surface area contributed by atoms with Gasteiger partial charge in [-0.2, -0.15) is 4.99 Å². The molecule has 1 saturated heterocycles. The Balaban J connectivity index is 1.27. The number of hydrogen-bond donors (Lipinski definition) is 1. The molecule has 0 bridgehead atoms. The van der Waals surface area contributed by atoms with Gasteiger partial charge < -0.3 is 10.1 Å². The van der Waals surface area contributed by atoms with Gasteiger partial charge in [0.25, 0.3) is 0 Å². The van der Waals surface area contributed by atoms with Crippen molar-refractivity contribution in [3.05, 3.63) is 83.7 Å². The lowest BCUT2D eigenvalue weighted by atomic mass is 10.0. The number of nitrogens with zero attached hydrogens (tertiary/aromatic N) is 5. The Bertz CT molecular complexity index is 1630. The van der Waals surface area contributed by atoms with Gasteiger partial charge in [0, 0.05) is 11.3 Å². The summed E-state index contributed by atoms with van der Waals surface area (Å²) in [5.41, 5.74) is 5.29. The highest BCUT2D eigenvalue weighted by Crippen LogP contribution is 2.33. The second-order valence-electron chi connectivity index (χ2n) is 9.22. The van der Waals surface area contributed by atoms with Crippen LogP contribution in [0.5, 0.6) is 5.75 Å². The number of nitrogens with one attached hydrogen (secondary N) is 1. The standard InChI is InChI=1S/C28H23F3N6O3S/c1-16-12-17(2)24(18(3)13-16)37-23(38)14-41-27(37)34-26(39)33-20-6-4-19(5-7-20)25-32-15-36(35-25)21-8-10-22(11-9-21)40-28(29,30)31/h4-13,15H,14H2,1-3H3,(H,33,39)/b34-27-. The molecule has 210 valence electrons. The highest BCUT2D eigenvalue weighted by molar-refractivity contribution is 8.15. The van der Waals surface area contributed by atoms with Crippen LogP contribution in [0.1, 0.15) is 16.7 Å². The first-order valence-corrected chi connectivity index (χ1v) is 13.3. The zero-order valence-corrected chi connectivity index (χ0v) is 22.9. The van der Waals surface area contributed by atoms with Gasteiger partial charge in [0.05, 0.1) is 17.1 Å². The number of urea groups is 1. The number of amides is 3. The maximum Gasteiger partial charge on any atom is 0.573 e. The SMILES string of the molecule is Cc1cc(C)c(N2C(=O)CS/C2=N\C(=O)Nc2ccc(-c3ncn(-c4ccc(OC(F)(F)F)cc4)n3)cc2)c(C)c1. The first-order valence-electron chi connectivity index (χ1n) is 12.3. The zero-order valence-electron chi connectivity index (χ0n) is 22.1. The molecule has 1 aliphatic rings. The van der Waals surface area contributed by atoms with Crippen LogP contribution < -0.4 is 15.0 Å². The quantitative estimate of drug-likeness (QED) is 0.292. The second kappa shape index (κ2) is 11.1. The molecule has 41 heavy (non-hydrogen) atoms. The maximum absolute atomic E-state index is 12.7. The van der Waals surface area contributed by atoms with Gasteiger partial charge in [0.2, 0.25) is 5.91 Å². The van der Waals surface area contributed by atoms with E-state index in [0.29, 0.717) is 27.9 Å². The first-order chi connectivity index (χ1) is 19.5. The Morgan fingerprint density at radius 2 is 1.68 bits per heavy atom. The normalized spacial score (nSPS) is 14.5. The molecule has 0 unspecified atom stereocenters. The van der Waals surface area contributed by atoms with Gasteiger partial charge in [0.1, 0.15) is 12.1 Å². The molecule has 9 nitrogen and oxygen atoms in total. The van der Waals surface area contributed by atoms with E-state index in [-0.39, 0.29) is 17.4 Å². The van der Waals surface area contributed by atoms with Crippen LogP contribution in [0, 0.1) is 20.8 Å². The van der Waals surface area contributed by atoms with Crippen molar-refractivity contribution >= 4 is 40.2 Å². The minimum absolute atomic E-state index is 0.140. The molecule has 1 aliphatic heterocycles. The average Bonchev–Trinajstić information content (AvgIpc) is 3.51. The average molecular weight is 581 g/mol. The van der Waals surface area contributed by atoms with Crippen LogP contribution in [0.25, 0.3) is 17.1 Å². The van der Waals surface area contributed by atoms with E-state index in [4.69, 9.17) is 0 Å². The van der Waals surface area contributed by atoms with Crippen molar-refractivity contribution in [2.45, 2.75) is 27.1 Å². The fourth-order valence-electron chi connectivity index (χ4n) is 4.45. The first kappa shape index (κ1) is 27.9. The number of anilines is 2. The second-order valence-corrected chi connectivity index (χ2v) is 10.2. The molecule has 0 aliphatic carbocycles. The summed E-state index contributed by atoms with van der Waals surface area (Å²) < 4.78 is 42.4. The lowest BCUT2D eigenvalue weighted by molar-refractivity contribution is -0.274. The van der Waals surface area contributed by atoms with Crippen molar-refractivity contribution in [2.24, 2.45) is 4.99 Å². The number of benzene rings is 3. The number of alkyl halides is 3. The number of carbonyl (C=O) groups is 2. The lowest BCUT2D eigenvalue weighted by Crippen LogP contribution is -2.31. The van der Waals surface area contributed by atoms with Crippen molar-refractivity contribution in [2.75, 3.05) is 16.0 Å². The van der Waals surface area contributed by atoms with Crippen molar-refractivity contribution < 1.29 is 27.5 Å².